The molecule has 1 aromatic heterocycles. The van der Waals surface area contributed by atoms with Gasteiger partial charge in [-0.2, -0.15) is 9.97 Å². The number of anilines is 3. The molecule has 4 aliphatic rings. The molecule has 0 spiro atoms. The van der Waals surface area contributed by atoms with Crippen LogP contribution in [0.25, 0.3) is 0 Å². The average Bonchev–Trinajstić information content (AvgIpc) is 3.03. The smallest absolute Gasteiger partial charge is 0.332 e. The summed E-state index contributed by atoms with van der Waals surface area (Å²) in [6.07, 6.45) is 13.7. The third-order valence-corrected chi connectivity index (χ3v) is 11.7. The third-order valence-electron chi connectivity index (χ3n) is 9.94. The van der Waals surface area contributed by atoms with E-state index in [1.54, 1.807) is 0 Å². The number of aromatic nitrogens is 2. The van der Waals surface area contributed by atoms with E-state index in [9.17, 15) is 4.57 Å². The highest BCUT2D eigenvalue weighted by molar-refractivity contribution is 7.53. The van der Waals surface area contributed by atoms with Crippen molar-refractivity contribution in [2.45, 2.75) is 84.1 Å². The Labute approximate surface area is 265 Å². The Bertz CT molecular complexity index is 1040. The number of rotatable bonds is 14. The highest BCUT2D eigenvalue weighted by Gasteiger charge is 2.36. The lowest BCUT2D eigenvalue weighted by Gasteiger charge is -2.37. The summed E-state index contributed by atoms with van der Waals surface area (Å²) < 4.78 is 24.2. The predicted molar refractivity (Wildman–Crippen MR) is 180 cm³/mol. The zero-order valence-corrected chi connectivity index (χ0v) is 28.3. The molecule has 0 unspecified atom stereocenters. The van der Waals surface area contributed by atoms with Crippen molar-refractivity contribution in [3.63, 3.8) is 0 Å². The van der Waals surface area contributed by atoms with Gasteiger partial charge < -0.3 is 35.6 Å². The van der Waals surface area contributed by atoms with Crippen LogP contribution in [0.1, 0.15) is 78.1 Å². The molecule has 2 aliphatic heterocycles. The molecule has 5 rings (SSSR count). The van der Waals surface area contributed by atoms with Crippen molar-refractivity contribution < 1.29 is 13.6 Å². The number of nitrogens with one attached hydrogen (secondary N) is 3. The van der Waals surface area contributed by atoms with Gasteiger partial charge in [-0.3, -0.25) is 9.46 Å². The first-order valence-corrected chi connectivity index (χ1v) is 19.2. The quantitative estimate of drug-likeness (QED) is 0.170. The second kappa shape index (κ2) is 16.4. The van der Waals surface area contributed by atoms with Gasteiger partial charge in [-0.15, -0.1) is 0 Å². The van der Waals surface area contributed by atoms with Crippen LogP contribution in [0, 0.1) is 17.3 Å². The maximum absolute atomic E-state index is 12.9. The molecule has 11 nitrogen and oxygen atoms in total. The van der Waals surface area contributed by atoms with Crippen LogP contribution in [0.3, 0.4) is 0 Å². The van der Waals surface area contributed by atoms with Gasteiger partial charge in [0.05, 0.1) is 19.4 Å². The number of nitrogens with two attached hydrogens (primary N) is 1. The van der Waals surface area contributed by atoms with Crippen molar-refractivity contribution in [1.82, 2.24) is 25.5 Å². The van der Waals surface area contributed by atoms with Crippen LogP contribution in [0.15, 0.2) is 6.07 Å². The zero-order chi connectivity index (χ0) is 30.8. The monoisotopic (exact) mass is 634 g/mol. The first-order chi connectivity index (χ1) is 21.3. The molecule has 5 N–H and O–H groups in total. The van der Waals surface area contributed by atoms with Crippen molar-refractivity contribution in [1.29, 1.82) is 0 Å². The standard InChI is InChI=1S/C32H59N8O3P/c1-32(2)24-42-44(41,43-25-32)20-19-39-15-17-40(18-16-39)30-21-29(33)37-31(38-30)36-23-27-11-9-26(10-12-27)22-34-13-6-14-35-28-7-4-3-5-8-28/h21,26-28,34-35H,3-20,22-25H2,1-2H3,(H3,33,36,37,38)/t26-,27-. The van der Waals surface area contributed by atoms with Crippen LogP contribution in [0.2, 0.25) is 0 Å². The Kier molecular flexibility index (Phi) is 12.6. The SMILES string of the molecule is CC1(C)COP(=O)(CCN2CCN(c3cc(N)nc(NC[C@H]4CC[C@H](CNCCCNC5CCCCC5)CC4)n3)CC2)OC1. The summed E-state index contributed by atoms with van der Waals surface area (Å²) in [6, 6.07) is 2.64. The lowest BCUT2D eigenvalue weighted by Crippen LogP contribution is -2.47. The fourth-order valence-electron chi connectivity index (χ4n) is 6.92. The number of piperazine rings is 1. The van der Waals surface area contributed by atoms with Crippen LogP contribution in [0.4, 0.5) is 17.6 Å². The van der Waals surface area contributed by atoms with E-state index >= 15 is 0 Å². The molecule has 0 bridgehead atoms. The summed E-state index contributed by atoms with van der Waals surface area (Å²) >= 11 is 0. The molecule has 3 heterocycles. The topological polar surface area (TPSA) is 130 Å². The summed E-state index contributed by atoms with van der Waals surface area (Å²) in [5.41, 5.74) is 6.13. The molecular weight excluding hydrogens is 575 g/mol. The average molecular weight is 635 g/mol. The van der Waals surface area contributed by atoms with Gasteiger partial charge in [0, 0.05) is 56.8 Å². The van der Waals surface area contributed by atoms with Gasteiger partial charge in [-0.05, 0) is 76.4 Å². The van der Waals surface area contributed by atoms with E-state index in [0.717, 1.165) is 70.1 Å². The fraction of sp³-hybridized carbons (Fsp3) is 0.875. The fourth-order valence-corrected chi connectivity index (χ4v) is 8.87. The van der Waals surface area contributed by atoms with Gasteiger partial charge in [0.15, 0.2) is 0 Å². The summed E-state index contributed by atoms with van der Waals surface area (Å²) in [5, 5.41) is 11.0. The minimum absolute atomic E-state index is 0.0746. The molecule has 0 radical (unpaired) electrons. The van der Waals surface area contributed by atoms with Gasteiger partial charge in [-0.1, -0.05) is 33.1 Å². The molecule has 1 aromatic rings. The van der Waals surface area contributed by atoms with Crippen LogP contribution in [0.5, 0.6) is 0 Å². The van der Waals surface area contributed by atoms with Crippen LogP contribution >= 0.6 is 7.60 Å². The van der Waals surface area contributed by atoms with Crippen LogP contribution in [-0.2, 0) is 13.6 Å². The van der Waals surface area contributed by atoms with E-state index in [-0.39, 0.29) is 5.41 Å². The zero-order valence-electron chi connectivity index (χ0n) is 27.4. The van der Waals surface area contributed by atoms with Crippen molar-refractivity contribution in [2.75, 3.05) is 94.2 Å². The van der Waals surface area contributed by atoms with E-state index in [0.29, 0.717) is 43.6 Å². The molecule has 12 heteroatoms. The predicted octanol–water partition coefficient (Wildman–Crippen LogP) is 4.57. The van der Waals surface area contributed by atoms with Crippen LogP contribution < -0.4 is 26.6 Å². The molecule has 4 fully saturated rings. The normalized spacial score (nSPS) is 26.5. The second-order valence-electron chi connectivity index (χ2n) is 14.5. The molecular formula is C32H59N8O3P. The highest BCUT2D eigenvalue weighted by atomic mass is 31.2. The van der Waals surface area contributed by atoms with E-state index in [2.05, 4.69) is 44.6 Å². The summed E-state index contributed by atoms with van der Waals surface area (Å²) in [7, 11) is -2.99. The molecule has 0 aromatic carbocycles. The molecule has 2 saturated carbocycles. The van der Waals surface area contributed by atoms with Gasteiger partial charge in [0.1, 0.15) is 11.6 Å². The minimum Gasteiger partial charge on any atom is -0.383 e. The summed E-state index contributed by atoms with van der Waals surface area (Å²) in [5.74, 6) is 3.44. The first-order valence-electron chi connectivity index (χ1n) is 17.4. The maximum Gasteiger partial charge on any atom is 0.332 e. The Morgan fingerprint density at radius 1 is 0.932 bits per heavy atom. The lowest BCUT2D eigenvalue weighted by molar-refractivity contribution is 0.0406. The van der Waals surface area contributed by atoms with E-state index in [1.807, 2.05) is 6.07 Å². The Morgan fingerprint density at radius 3 is 2.32 bits per heavy atom. The van der Waals surface area contributed by atoms with E-state index in [1.165, 1.54) is 64.2 Å². The largest absolute Gasteiger partial charge is 0.383 e. The Hall–Kier alpha value is -1.49. The maximum atomic E-state index is 12.9. The van der Waals surface area contributed by atoms with Crippen molar-refractivity contribution in [3.05, 3.63) is 6.07 Å². The molecule has 0 amide bonds. The van der Waals surface area contributed by atoms with E-state index < -0.39 is 7.60 Å². The minimum atomic E-state index is -2.99. The van der Waals surface area contributed by atoms with Gasteiger partial charge in [-0.25, -0.2) is 0 Å². The molecule has 2 saturated heterocycles. The van der Waals surface area contributed by atoms with Crippen LogP contribution in [-0.4, -0.2) is 99.2 Å². The highest BCUT2D eigenvalue weighted by Crippen LogP contribution is 2.53. The molecule has 2 aliphatic carbocycles. The number of nitrogen functional groups attached to an aromatic ring is 1. The van der Waals surface area contributed by atoms with Gasteiger partial charge >= 0.3 is 7.60 Å². The Balaban J connectivity index is 0.950. The first kappa shape index (κ1) is 33.9. The summed E-state index contributed by atoms with van der Waals surface area (Å²) in [6.45, 7) is 13.5. The summed E-state index contributed by atoms with van der Waals surface area (Å²) in [4.78, 5) is 13.9. The van der Waals surface area contributed by atoms with Crippen molar-refractivity contribution >= 4 is 25.2 Å². The third kappa shape index (κ3) is 10.8. The molecule has 0 atom stereocenters. The van der Waals surface area contributed by atoms with Crippen molar-refractivity contribution in [2.24, 2.45) is 17.3 Å². The lowest BCUT2D eigenvalue weighted by atomic mass is 9.82. The van der Waals surface area contributed by atoms with Gasteiger partial charge in [0.25, 0.3) is 0 Å². The molecule has 44 heavy (non-hydrogen) atoms. The number of hydrogen-bond acceptors (Lipinski definition) is 11. The second-order valence-corrected chi connectivity index (χ2v) is 16.6. The Morgan fingerprint density at radius 2 is 1.61 bits per heavy atom. The molecule has 250 valence electrons. The number of hydrogen-bond donors (Lipinski definition) is 4. The van der Waals surface area contributed by atoms with E-state index in [4.69, 9.17) is 19.8 Å². The number of nitrogens with zero attached hydrogens (tertiary/aromatic N) is 4. The van der Waals surface area contributed by atoms with Gasteiger partial charge in [0.2, 0.25) is 5.95 Å². The van der Waals surface area contributed by atoms with Crippen molar-refractivity contribution in [3.8, 4) is 0 Å².